The van der Waals surface area contributed by atoms with Crippen LogP contribution in [-0.2, 0) is 9.53 Å². The lowest BCUT2D eigenvalue weighted by Gasteiger charge is -2.26. The molecule has 0 atom stereocenters. The van der Waals surface area contributed by atoms with Gasteiger partial charge >= 0.3 is 0 Å². The summed E-state index contributed by atoms with van der Waals surface area (Å²) < 4.78 is 5.41. The van der Waals surface area contributed by atoms with Crippen LogP contribution in [0.4, 0.5) is 17.1 Å². The smallest absolute Gasteiger partial charge is 0.163 e. The molecular formula is C40H33NO2. The lowest BCUT2D eigenvalue weighted by molar-refractivity contribution is -0.111. The maximum absolute atomic E-state index is 12.4. The highest BCUT2D eigenvalue weighted by molar-refractivity contribution is 6.20. The van der Waals surface area contributed by atoms with Crippen LogP contribution in [0, 0.1) is 0 Å². The van der Waals surface area contributed by atoms with Crippen LogP contribution in [0.2, 0.25) is 0 Å². The maximum Gasteiger partial charge on any atom is 0.163 e. The minimum atomic E-state index is -0.0144. The van der Waals surface area contributed by atoms with Crippen molar-refractivity contribution in [3.63, 3.8) is 0 Å². The standard InChI is InChI=1S/C40H33NO2/c1-28(42)40(29(2)43-3)36-15-14-35-27-39(25-20-34(35)26-36)41(37-21-16-32(17-22-37)30-10-6-4-7-11-30)38-23-18-33(19-24-38)31-12-8-5-9-13-31/h4-27H,1-3H3/b40-29+. The Bertz CT molecular complexity index is 1820. The minimum Gasteiger partial charge on any atom is -0.501 e. The molecule has 210 valence electrons. The molecule has 0 aromatic heterocycles. The number of hydrogen-bond acceptors (Lipinski definition) is 3. The molecule has 0 heterocycles. The van der Waals surface area contributed by atoms with E-state index >= 15 is 0 Å². The third kappa shape index (κ3) is 5.84. The monoisotopic (exact) mass is 559 g/mol. The Labute approximate surface area is 253 Å². The van der Waals surface area contributed by atoms with Gasteiger partial charge in [-0.2, -0.15) is 0 Å². The summed E-state index contributed by atoms with van der Waals surface area (Å²) in [6, 6.07) is 50.9. The Kier molecular flexibility index (Phi) is 7.88. The van der Waals surface area contributed by atoms with Gasteiger partial charge < -0.3 is 9.64 Å². The lowest BCUT2D eigenvalue weighted by Crippen LogP contribution is -2.10. The number of Topliss-reactive ketones (excluding diaryl/α,β-unsaturated/α-hetero) is 1. The number of rotatable bonds is 8. The van der Waals surface area contributed by atoms with E-state index in [2.05, 4.69) is 132 Å². The minimum absolute atomic E-state index is 0.0144. The van der Waals surface area contributed by atoms with Gasteiger partial charge in [0.15, 0.2) is 5.78 Å². The molecule has 0 fully saturated rings. The SMILES string of the molecule is CO/C(C)=C(\C(C)=O)c1ccc2cc(N(c3ccc(-c4ccccc4)cc3)c3ccc(-c4ccccc4)cc3)ccc2c1. The molecule has 6 rings (SSSR count). The van der Waals surface area contributed by atoms with Gasteiger partial charge in [0.2, 0.25) is 0 Å². The van der Waals surface area contributed by atoms with Gasteiger partial charge in [-0.05, 0) is 94.9 Å². The van der Waals surface area contributed by atoms with Crippen molar-refractivity contribution >= 4 is 39.2 Å². The molecule has 0 N–H and O–H groups in total. The molecule has 0 unspecified atom stereocenters. The first-order valence-electron chi connectivity index (χ1n) is 14.4. The number of carbonyl (C=O) groups is 1. The van der Waals surface area contributed by atoms with E-state index in [0.29, 0.717) is 11.3 Å². The van der Waals surface area contributed by atoms with Gasteiger partial charge in [0.25, 0.3) is 0 Å². The van der Waals surface area contributed by atoms with E-state index in [1.165, 1.54) is 22.3 Å². The molecule has 3 nitrogen and oxygen atoms in total. The Morgan fingerprint density at radius 3 is 1.44 bits per heavy atom. The Morgan fingerprint density at radius 1 is 0.512 bits per heavy atom. The predicted octanol–water partition coefficient (Wildman–Crippen LogP) is 10.6. The highest BCUT2D eigenvalue weighted by Crippen LogP contribution is 2.38. The second-order valence-electron chi connectivity index (χ2n) is 10.6. The first-order chi connectivity index (χ1) is 21.0. The number of methoxy groups -OCH3 is 1. The molecule has 0 aliphatic carbocycles. The van der Waals surface area contributed by atoms with Crippen molar-refractivity contribution in [1.82, 2.24) is 0 Å². The van der Waals surface area contributed by atoms with Crippen LogP contribution in [-0.4, -0.2) is 12.9 Å². The summed E-state index contributed by atoms with van der Waals surface area (Å²) >= 11 is 0. The third-order valence-corrected chi connectivity index (χ3v) is 7.85. The van der Waals surface area contributed by atoms with Crippen LogP contribution >= 0.6 is 0 Å². The maximum atomic E-state index is 12.4. The molecule has 0 aliphatic rings. The molecule has 3 heteroatoms. The van der Waals surface area contributed by atoms with Crippen molar-refractivity contribution in [3.8, 4) is 22.3 Å². The molecule has 0 amide bonds. The number of fused-ring (bicyclic) bond motifs is 1. The zero-order chi connectivity index (χ0) is 29.8. The van der Waals surface area contributed by atoms with E-state index in [1.807, 2.05) is 25.1 Å². The molecule has 0 bridgehead atoms. The molecular weight excluding hydrogens is 526 g/mol. The van der Waals surface area contributed by atoms with Crippen molar-refractivity contribution < 1.29 is 9.53 Å². The summed E-state index contributed by atoms with van der Waals surface area (Å²) in [4.78, 5) is 14.7. The van der Waals surface area contributed by atoms with Gasteiger partial charge in [-0.3, -0.25) is 4.79 Å². The molecule has 0 aliphatic heterocycles. The van der Waals surface area contributed by atoms with E-state index in [-0.39, 0.29) is 5.78 Å². The van der Waals surface area contributed by atoms with E-state index in [9.17, 15) is 4.79 Å². The fraction of sp³-hybridized carbons (Fsp3) is 0.0750. The van der Waals surface area contributed by atoms with Crippen molar-refractivity contribution in [3.05, 3.63) is 157 Å². The normalized spacial score (nSPS) is 11.6. The fourth-order valence-electron chi connectivity index (χ4n) is 5.60. The quantitative estimate of drug-likeness (QED) is 0.137. The fourth-order valence-corrected chi connectivity index (χ4v) is 5.60. The number of allylic oxidation sites excluding steroid dienone is 2. The molecule has 43 heavy (non-hydrogen) atoms. The third-order valence-electron chi connectivity index (χ3n) is 7.85. The second kappa shape index (κ2) is 12.2. The Morgan fingerprint density at radius 2 is 0.953 bits per heavy atom. The lowest BCUT2D eigenvalue weighted by atomic mass is 9.97. The number of ether oxygens (including phenoxy) is 1. The van der Waals surface area contributed by atoms with Crippen LogP contribution < -0.4 is 4.90 Å². The molecule has 0 spiro atoms. The number of benzene rings is 6. The number of nitrogens with zero attached hydrogens (tertiary/aromatic N) is 1. The van der Waals surface area contributed by atoms with Crippen LogP contribution in [0.15, 0.2) is 151 Å². The van der Waals surface area contributed by atoms with Gasteiger partial charge in [-0.1, -0.05) is 103 Å². The van der Waals surface area contributed by atoms with Crippen LogP contribution in [0.3, 0.4) is 0 Å². The number of anilines is 3. The van der Waals surface area contributed by atoms with Gasteiger partial charge in [0.05, 0.1) is 12.7 Å². The van der Waals surface area contributed by atoms with Gasteiger partial charge in [0, 0.05) is 17.1 Å². The van der Waals surface area contributed by atoms with Crippen molar-refractivity contribution in [2.24, 2.45) is 0 Å². The van der Waals surface area contributed by atoms with Crippen molar-refractivity contribution in [1.29, 1.82) is 0 Å². The highest BCUT2D eigenvalue weighted by Gasteiger charge is 2.16. The summed E-state index contributed by atoms with van der Waals surface area (Å²) in [5.74, 6) is 0.604. The molecule has 6 aromatic carbocycles. The summed E-state index contributed by atoms with van der Waals surface area (Å²) in [6.07, 6.45) is 0. The summed E-state index contributed by atoms with van der Waals surface area (Å²) in [6.45, 7) is 3.41. The van der Waals surface area contributed by atoms with Crippen LogP contribution in [0.5, 0.6) is 0 Å². The summed E-state index contributed by atoms with van der Waals surface area (Å²) in [7, 11) is 1.60. The first kappa shape index (κ1) is 27.7. The van der Waals surface area contributed by atoms with Gasteiger partial charge in [-0.15, -0.1) is 0 Å². The van der Waals surface area contributed by atoms with Crippen molar-refractivity contribution in [2.75, 3.05) is 12.0 Å². The Balaban J connectivity index is 1.43. The molecule has 0 saturated heterocycles. The van der Waals surface area contributed by atoms with Gasteiger partial charge in [-0.25, -0.2) is 0 Å². The number of ketones is 1. The number of hydrogen-bond donors (Lipinski definition) is 0. The molecule has 0 saturated carbocycles. The summed E-state index contributed by atoms with van der Waals surface area (Å²) in [5, 5.41) is 2.15. The van der Waals surface area contributed by atoms with Gasteiger partial charge in [0.1, 0.15) is 5.76 Å². The van der Waals surface area contributed by atoms with E-state index < -0.39 is 0 Å². The van der Waals surface area contributed by atoms with Crippen LogP contribution in [0.1, 0.15) is 19.4 Å². The topological polar surface area (TPSA) is 29.5 Å². The zero-order valence-corrected chi connectivity index (χ0v) is 24.6. The molecule has 6 aromatic rings. The average Bonchev–Trinajstić information content (AvgIpc) is 3.06. The first-order valence-corrected chi connectivity index (χ1v) is 14.4. The zero-order valence-electron chi connectivity index (χ0n) is 24.6. The second-order valence-corrected chi connectivity index (χ2v) is 10.6. The summed E-state index contributed by atoms with van der Waals surface area (Å²) in [5.41, 5.74) is 9.39. The highest BCUT2D eigenvalue weighted by atomic mass is 16.5. The van der Waals surface area contributed by atoms with E-state index in [4.69, 9.17) is 4.74 Å². The predicted molar refractivity (Wildman–Crippen MR) is 180 cm³/mol. The Hall–Kier alpha value is -5.41. The largest absolute Gasteiger partial charge is 0.501 e. The van der Waals surface area contributed by atoms with E-state index in [0.717, 1.165) is 33.4 Å². The van der Waals surface area contributed by atoms with Crippen LogP contribution in [0.25, 0.3) is 38.6 Å². The van der Waals surface area contributed by atoms with E-state index in [1.54, 1.807) is 14.0 Å². The molecule has 0 radical (unpaired) electrons. The van der Waals surface area contributed by atoms with Crippen molar-refractivity contribution in [2.45, 2.75) is 13.8 Å². The average molecular weight is 560 g/mol. The number of carbonyl (C=O) groups excluding carboxylic acids is 1.